The first-order valence-corrected chi connectivity index (χ1v) is 9.38. The second-order valence-electron chi connectivity index (χ2n) is 5.83. The van der Waals surface area contributed by atoms with Gasteiger partial charge in [-0.05, 0) is 25.0 Å². The van der Waals surface area contributed by atoms with Crippen LogP contribution in [0.2, 0.25) is 0 Å². The summed E-state index contributed by atoms with van der Waals surface area (Å²) in [5.74, 6) is 0. The summed E-state index contributed by atoms with van der Waals surface area (Å²) in [6, 6.07) is 14.6. The van der Waals surface area contributed by atoms with Gasteiger partial charge in [-0.1, -0.05) is 49.6 Å². The number of nitriles is 1. The molecule has 2 aromatic rings. The number of sulfone groups is 1. The number of aromatic nitrogens is 1. The van der Waals surface area contributed by atoms with Crippen LogP contribution in [0, 0.1) is 11.3 Å². The van der Waals surface area contributed by atoms with Gasteiger partial charge in [-0.3, -0.25) is 0 Å². The summed E-state index contributed by atoms with van der Waals surface area (Å²) in [4.78, 5) is 4.36. The molecule has 3 rings (SSSR count). The van der Waals surface area contributed by atoms with Crippen molar-refractivity contribution in [1.82, 2.24) is 4.98 Å². The molecule has 0 unspecified atom stereocenters. The Kier molecular flexibility index (Phi) is 4.44. The molecule has 0 radical (unpaired) electrons. The molecule has 1 aliphatic carbocycles. The summed E-state index contributed by atoms with van der Waals surface area (Å²) in [6.45, 7) is 0. The van der Waals surface area contributed by atoms with Gasteiger partial charge >= 0.3 is 0 Å². The molecule has 1 saturated carbocycles. The summed E-state index contributed by atoms with van der Waals surface area (Å²) in [5.41, 5.74) is 1.48. The number of benzene rings is 1. The van der Waals surface area contributed by atoms with Gasteiger partial charge in [0.2, 0.25) is 0 Å². The topological polar surface area (TPSA) is 70.8 Å². The normalized spacial score (nSPS) is 16.0. The molecule has 0 atom stereocenters. The standard InChI is InChI=1S/C18H18N2O2S/c19-13-17-18(23(21,22)15-9-5-2-6-10-15)12-11-16(20-17)14-7-3-1-4-8-14/h1,3-4,7-8,11-12,15H,2,5-6,9-10H2. The fraction of sp³-hybridized carbons (Fsp3) is 0.333. The maximum absolute atomic E-state index is 12.8. The first-order valence-electron chi connectivity index (χ1n) is 7.83. The lowest BCUT2D eigenvalue weighted by molar-refractivity contribution is 0.483. The Balaban J connectivity index is 2.02. The first kappa shape index (κ1) is 15.7. The molecular formula is C18H18N2O2S. The van der Waals surface area contributed by atoms with E-state index in [9.17, 15) is 13.7 Å². The summed E-state index contributed by atoms with van der Waals surface area (Å²) >= 11 is 0. The average molecular weight is 326 g/mol. The highest BCUT2D eigenvalue weighted by Gasteiger charge is 2.31. The van der Waals surface area contributed by atoms with E-state index < -0.39 is 9.84 Å². The Bertz CT molecular complexity index is 833. The Hall–Kier alpha value is -2.19. The van der Waals surface area contributed by atoms with Crippen molar-refractivity contribution in [3.05, 3.63) is 48.2 Å². The minimum atomic E-state index is -3.49. The molecule has 1 aliphatic rings. The van der Waals surface area contributed by atoms with Gasteiger partial charge in [0.1, 0.15) is 11.0 Å². The van der Waals surface area contributed by atoms with Crippen molar-refractivity contribution in [3.8, 4) is 17.3 Å². The SMILES string of the molecule is N#Cc1nc(-c2ccccc2)ccc1S(=O)(=O)C1CCCCC1. The van der Waals surface area contributed by atoms with E-state index in [1.807, 2.05) is 36.4 Å². The van der Waals surface area contributed by atoms with Gasteiger partial charge in [-0.2, -0.15) is 5.26 Å². The third-order valence-corrected chi connectivity index (χ3v) is 6.62. The van der Waals surface area contributed by atoms with E-state index in [0.717, 1.165) is 24.8 Å². The van der Waals surface area contributed by atoms with E-state index in [2.05, 4.69) is 4.98 Å². The van der Waals surface area contributed by atoms with Crippen LogP contribution in [0.15, 0.2) is 47.4 Å². The summed E-state index contributed by atoms with van der Waals surface area (Å²) in [6.07, 6.45) is 4.30. The van der Waals surface area contributed by atoms with Crippen molar-refractivity contribution in [2.45, 2.75) is 42.2 Å². The summed E-state index contributed by atoms with van der Waals surface area (Å²) < 4.78 is 25.6. The molecule has 0 amide bonds. The predicted octanol–water partition coefficient (Wildman–Crippen LogP) is 3.73. The van der Waals surface area contributed by atoms with Crippen molar-refractivity contribution in [2.24, 2.45) is 0 Å². The fourth-order valence-electron chi connectivity index (χ4n) is 3.08. The van der Waals surface area contributed by atoms with Crippen molar-refractivity contribution in [1.29, 1.82) is 5.26 Å². The molecule has 1 fully saturated rings. The van der Waals surface area contributed by atoms with Crippen molar-refractivity contribution in [3.63, 3.8) is 0 Å². The maximum atomic E-state index is 12.8. The van der Waals surface area contributed by atoms with E-state index in [0.29, 0.717) is 18.5 Å². The second kappa shape index (κ2) is 6.51. The lowest BCUT2D eigenvalue weighted by Crippen LogP contribution is -2.25. The molecule has 23 heavy (non-hydrogen) atoms. The van der Waals surface area contributed by atoms with Gasteiger partial charge in [-0.25, -0.2) is 13.4 Å². The molecule has 5 heteroatoms. The van der Waals surface area contributed by atoms with E-state index in [-0.39, 0.29) is 15.8 Å². The molecule has 118 valence electrons. The Morgan fingerprint density at radius 2 is 1.70 bits per heavy atom. The Morgan fingerprint density at radius 3 is 2.35 bits per heavy atom. The molecule has 4 nitrogen and oxygen atoms in total. The molecule has 0 spiro atoms. The Labute approximate surface area is 136 Å². The highest BCUT2D eigenvalue weighted by atomic mass is 32.2. The number of pyridine rings is 1. The van der Waals surface area contributed by atoms with Crippen LogP contribution >= 0.6 is 0 Å². The molecular weight excluding hydrogens is 308 g/mol. The highest BCUT2D eigenvalue weighted by Crippen LogP contribution is 2.30. The predicted molar refractivity (Wildman–Crippen MR) is 88.4 cm³/mol. The third-order valence-electron chi connectivity index (χ3n) is 4.33. The number of hydrogen-bond donors (Lipinski definition) is 0. The van der Waals surface area contributed by atoms with Crippen molar-refractivity contribution in [2.75, 3.05) is 0 Å². The number of nitrogens with zero attached hydrogens (tertiary/aromatic N) is 2. The molecule has 0 N–H and O–H groups in total. The zero-order chi connectivity index (χ0) is 16.3. The van der Waals surface area contributed by atoms with Crippen LogP contribution in [-0.2, 0) is 9.84 Å². The second-order valence-corrected chi connectivity index (χ2v) is 8.02. The van der Waals surface area contributed by atoms with Crippen LogP contribution in [0.1, 0.15) is 37.8 Å². The van der Waals surface area contributed by atoms with Crippen LogP contribution in [0.3, 0.4) is 0 Å². The van der Waals surface area contributed by atoms with Crippen LogP contribution in [0.4, 0.5) is 0 Å². The zero-order valence-electron chi connectivity index (χ0n) is 12.8. The maximum Gasteiger partial charge on any atom is 0.184 e. The van der Waals surface area contributed by atoms with E-state index in [1.54, 1.807) is 6.07 Å². The molecule has 0 aliphatic heterocycles. The van der Waals surface area contributed by atoms with Crippen LogP contribution in [0.25, 0.3) is 11.3 Å². The molecule has 1 heterocycles. The molecule has 0 saturated heterocycles. The van der Waals surface area contributed by atoms with Gasteiger partial charge in [-0.15, -0.1) is 0 Å². The summed E-state index contributed by atoms with van der Waals surface area (Å²) in [7, 11) is -3.49. The fourth-order valence-corrected chi connectivity index (χ4v) is 5.01. The van der Waals surface area contributed by atoms with Gasteiger partial charge in [0.15, 0.2) is 15.5 Å². The van der Waals surface area contributed by atoms with E-state index >= 15 is 0 Å². The van der Waals surface area contributed by atoms with Crippen molar-refractivity contribution < 1.29 is 8.42 Å². The minimum Gasteiger partial charge on any atom is -0.236 e. The first-order chi connectivity index (χ1) is 11.1. The lowest BCUT2D eigenvalue weighted by Gasteiger charge is -2.22. The zero-order valence-corrected chi connectivity index (χ0v) is 13.6. The largest absolute Gasteiger partial charge is 0.236 e. The lowest BCUT2D eigenvalue weighted by atomic mass is 10.0. The molecule has 1 aromatic heterocycles. The summed E-state index contributed by atoms with van der Waals surface area (Å²) in [5, 5.41) is 8.99. The number of rotatable bonds is 3. The third kappa shape index (κ3) is 3.13. The van der Waals surface area contributed by atoms with Gasteiger partial charge in [0.25, 0.3) is 0 Å². The molecule has 1 aromatic carbocycles. The monoisotopic (exact) mass is 326 g/mol. The van der Waals surface area contributed by atoms with Crippen LogP contribution in [0.5, 0.6) is 0 Å². The van der Waals surface area contributed by atoms with Crippen LogP contribution < -0.4 is 0 Å². The van der Waals surface area contributed by atoms with Crippen LogP contribution in [-0.4, -0.2) is 18.7 Å². The van der Waals surface area contributed by atoms with Gasteiger partial charge in [0.05, 0.1) is 10.9 Å². The Morgan fingerprint density at radius 1 is 1.00 bits per heavy atom. The average Bonchev–Trinajstić information content (AvgIpc) is 2.62. The van der Waals surface area contributed by atoms with Crippen molar-refractivity contribution >= 4 is 9.84 Å². The smallest absolute Gasteiger partial charge is 0.184 e. The molecule has 0 bridgehead atoms. The van der Waals surface area contributed by atoms with Gasteiger partial charge < -0.3 is 0 Å². The minimum absolute atomic E-state index is 0.00285. The highest BCUT2D eigenvalue weighted by molar-refractivity contribution is 7.92. The van der Waals surface area contributed by atoms with E-state index in [1.165, 1.54) is 6.07 Å². The quantitative estimate of drug-likeness (QED) is 0.861. The number of hydrogen-bond acceptors (Lipinski definition) is 4. The van der Waals surface area contributed by atoms with E-state index in [4.69, 9.17) is 0 Å². The van der Waals surface area contributed by atoms with Gasteiger partial charge in [0, 0.05) is 5.56 Å².